The van der Waals surface area contributed by atoms with E-state index in [0.717, 1.165) is 29.7 Å². The lowest BCUT2D eigenvalue weighted by Crippen LogP contribution is -2.29. The Morgan fingerprint density at radius 3 is 2.63 bits per heavy atom. The standard InChI is InChI=1S/C28H29F2NO4/c1-6-23-25-16(8-10-34-23)7-9-31-22(25)14-19-18-13-21(30)20(29)12-17(18)11-15(2)24(19)26(27(32)33)35-28(3,4)5/h6-7,11-14,26,31H,1,8-10H2,2-5H3,(H,32,33)/b22-14-/t26-/m1/s1. The van der Waals surface area contributed by atoms with Gasteiger partial charge in [0, 0.05) is 29.8 Å². The minimum atomic E-state index is -1.33. The summed E-state index contributed by atoms with van der Waals surface area (Å²) in [5.41, 5.74) is 3.26. The Labute approximate surface area is 203 Å². The molecule has 0 saturated carbocycles. The van der Waals surface area contributed by atoms with E-state index in [1.54, 1.807) is 45.9 Å². The van der Waals surface area contributed by atoms with Crippen LogP contribution >= 0.6 is 0 Å². The Morgan fingerprint density at radius 2 is 1.97 bits per heavy atom. The average molecular weight is 482 g/mol. The van der Waals surface area contributed by atoms with Crippen LogP contribution in [0.15, 0.2) is 59.5 Å². The van der Waals surface area contributed by atoms with E-state index in [1.807, 2.05) is 0 Å². The van der Waals surface area contributed by atoms with Crippen LogP contribution in [0.3, 0.4) is 0 Å². The molecule has 0 spiro atoms. The Balaban J connectivity index is 2.07. The van der Waals surface area contributed by atoms with Crippen molar-refractivity contribution >= 4 is 22.8 Å². The van der Waals surface area contributed by atoms with Crippen molar-refractivity contribution in [1.29, 1.82) is 0 Å². The topological polar surface area (TPSA) is 67.8 Å². The number of carboxylic acid groups (broad SMARTS) is 1. The predicted molar refractivity (Wildman–Crippen MR) is 132 cm³/mol. The molecule has 35 heavy (non-hydrogen) atoms. The second-order valence-electron chi connectivity index (χ2n) is 9.67. The molecule has 5 nitrogen and oxygen atoms in total. The highest BCUT2D eigenvalue weighted by molar-refractivity contribution is 5.96. The number of ether oxygens (including phenoxy) is 2. The molecule has 2 heterocycles. The number of allylic oxidation sites excluding steroid dienone is 2. The lowest BCUT2D eigenvalue weighted by Gasteiger charge is -2.30. The summed E-state index contributed by atoms with van der Waals surface area (Å²) in [6.07, 6.45) is 4.89. The SMILES string of the molecule is C=CC1=C2C(=CCN/C2=C\c2c([C@@H](OC(C)(C)C)C(=O)O)c(C)cc3cc(F)c(F)cc23)CCO1. The largest absolute Gasteiger partial charge is 0.493 e. The molecule has 2 aromatic carbocycles. The van der Waals surface area contributed by atoms with Crippen LogP contribution in [0.25, 0.3) is 16.8 Å². The number of nitrogens with one attached hydrogen (secondary N) is 1. The molecule has 0 saturated heterocycles. The number of halogens is 2. The van der Waals surface area contributed by atoms with Crippen molar-refractivity contribution in [2.24, 2.45) is 0 Å². The van der Waals surface area contributed by atoms with Crippen LogP contribution in [-0.2, 0) is 14.3 Å². The van der Waals surface area contributed by atoms with Crippen LogP contribution in [0.2, 0.25) is 0 Å². The van der Waals surface area contributed by atoms with Gasteiger partial charge in [-0.05, 0) is 79.5 Å². The predicted octanol–water partition coefficient (Wildman–Crippen LogP) is 6.10. The normalized spacial score (nSPS) is 18.0. The van der Waals surface area contributed by atoms with Crippen molar-refractivity contribution in [3.05, 3.63) is 87.9 Å². The molecule has 1 atom stereocenters. The number of aliphatic carboxylic acids is 1. The maximum atomic E-state index is 14.4. The summed E-state index contributed by atoms with van der Waals surface area (Å²) in [5, 5.41) is 14.3. The molecule has 0 fully saturated rings. The zero-order valence-corrected chi connectivity index (χ0v) is 20.3. The fourth-order valence-corrected chi connectivity index (χ4v) is 4.61. The Kier molecular flexibility index (Phi) is 6.56. The first-order chi connectivity index (χ1) is 16.5. The highest BCUT2D eigenvalue weighted by Gasteiger charge is 2.32. The van der Waals surface area contributed by atoms with Crippen molar-refractivity contribution in [3.8, 4) is 0 Å². The second kappa shape index (κ2) is 9.30. The average Bonchev–Trinajstić information content (AvgIpc) is 2.78. The third-order valence-corrected chi connectivity index (χ3v) is 6.01. The third kappa shape index (κ3) is 4.86. The number of rotatable bonds is 5. The molecule has 2 N–H and O–H groups in total. The van der Waals surface area contributed by atoms with Gasteiger partial charge in [0.1, 0.15) is 5.76 Å². The van der Waals surface area contributed by atoms with Gasteiger partial charge in [0.25, 0.3) is 0 Å². The molecule has 2 aromatic rings. The molecule has 0 aromatic heterocycles. The highest BCUT2D eigenvalue weighted by atomic mass is 19.2. The number of aryl methyl sites for hydroxylation is 1. The van der Waals surface area contributed by atoms with E-state index in [2.05, 4.69) is 18.0 Å². The van der Waals surface area contributed by atoms with Crippen LogP contribution in [0.5, 0.6) is 0 Å². The minimum Gasteiger partial charge on any atom is -0.493 e. The fraction of sp³-hybridized carbons (Fsp3) is 0.321. The molecule has 4 rings (SSSR count). The Bertz CT molecular complexity index is 1310. The third-order valence-electron chi connectivity index (χ3n) is 6.01. The highest BCUT2D eigenvalue weighted by Crippen LogP contribution is 2.39. The summed E-state index contributed by atoms with van der Waals surface area (Å²) in [6, 6.07) is 3.90. The Morgan fingerprint density at radius 1 is 1.26 bits per heavy atom. The number of hydrogen-bond acceptors (Lipinski definition) is 4. The van der Waals surface area contributed by atoms with Gasteiger partial charge in [0.15, 0.2) is 17.7 Å². The number of benzene rings is 2. The quantitative estimate of drug-likeness (QED) is 0.540. The molecule has 0 aliphatic carbocycles. The van der Waals surface area contributed by atoms with Gasteiger partial charge < -0.3 is 19.9 Å². The first-order valence-electron chi connectivity index (χ1n) is 11.5. The zero-order valence-electron chi connectivity index (χ0n) is 20.3. The first-order valence-corrected chi connectivity index (χ1v) is 11.5. The smallest absolute Gasteiger partial charge is 0.337 e. The van der Waals surface area contributed by atoms with Gasteiger partial charge in [0.2, 0.25) is 0 Å². The molecule has 0 radical (unpaired) electrons. The first kappa shape index (κ1) is 24.7. The van der Waals surface area contributed by atoms with Crippen molar-refractivity contribution < 1.29 is 28.2 Å². The lowest BCUT2D eigenvalue weighted by atomic mass is 9.87. The summed E-state index contributed by atoms with van der Waals surface area (Å²) >= 11 is 0. The van der Waals surface area contributed by atoms with E-state index < -0.39 is 29.3 Å². The summed E-state index contributed by atoms with van der Waals surface area (Å²) in [5.74, 6) is -2.55. The molecule has 0 unspecified atom stereocenters. The van der Waals surface area contributed by atoms with E-state index in [4.69, 9.17) is 9.47 Å². The van der Waals surface area contributed by atoms with E-state index in [-0.39, 0.29) is 0 Å². The lowest BCUT2D eigenvalue weighted by molar-refractivity contribution is -0.160. The number of fused-ring (bicyclic) bond motifs is 2. The van der Waals surface area contributed by atoms with Crippen LogP contribution in [0, 0.1) is 18.6 Å². The summed E-state index contributed by atoms with van der Waals surface area (Å²) in [6.45, 7) is 12.0. The summed E-state index contributed by atoms with van der Waals surface area (Å²) in [4.78, 5) is 12.4. The van der Waals surface area contributed by atoms with E-state index in [1.165, 1.54) is 0 Å². The van der Waals surface area contributed by atoms with Crippen LogP contribution in [-0.4, -0.2) is 29.8 Å². The number of carbonyl (C=O) groups is 1. The molecular weight excluding hydrogens is 452 g/mol. The summed E-state index contributed by atoms with van der Waals surface area (Å²) < 4.78 is 40.4. The molecule has 0 amide bonds. The van der Waals surface area contributed by atoms with Gasteiger partial charge in [-0.25, -0.2) is 13.6 Å². The number of hydrogen-bond donors (Lipinski definition) is 2. The molecule has 7 heteroatoms. The maximum Gasteiger partial charge on any atom is 0.337 e. The van der Waals surface area contributed by atoms with Gasteiger partial charge in [-0.1, -0.05) is 18.7 Å². The van der Waals surface area contributed by atoms with Crippen molar-refractivity contribution in [1.82, 2.24) is 5.32 Å². The van der Waals surface area contributed by atoms with Gasteiger partial charge in [-0.2, -0.15) is 0 Å². The van der Waals surface area contributed by atoms with E-state index in [0.29, 0.717) is 52.1 Å². The minimum absolute atomic E-state index is 0.383. The van der Waals surface area contributed by atoms with Crippen LogP contribution < -0.4 is 5.32 Å². The van der Waals surface area contributed by atoms with Crippen molar-refractivity contribution in [2.45, 2.75) is 45.8 Å². The number of carboxylic acids is 1. The zero-order chi connectivity index (χ0) is 25.5. The van der Waals surface area contributed by atoms with Gasteiger partial charge in [-0.3, -0.25) is 0 Å². The van der Waals surface area contributed by atoms with Crippen molar-refractivity contribution in [3.63, 3.8) is 0 Å². The molecular formula is C28H29F2NO4. The summed E-state index contributed by atoms with van der Waals surface area (Å²) in [7, 11) is 0. The van der Waals surface area contributed by atoms with Gasteiger partial charge in [-0.15, -0.1) is 0 Å². The van der Waals surface area contributed by atoms with Gasteiger partial charge >= 0.3 is 5.97 Å². The second-order valence-corrected chi connectivity index (χ2v) is 9.67. The van der Waals surface area contributed by atoms with Crippen LogP contribution in [0.4, 0.5) is 8.78 Å². The Hall–Kier alpha value is -3.45. The van der Waals surface area contributed by atoms with E-state index in [9.17, 15) is 18.7 Å². The maximum absolute atomic E-state index is 14.4. The monoisotopic (exact) mass is 481 g/mol. The molecule has 184 valence electrons. The van der Waals surface area contributed by atoms with Crippen molar-refractivity contribution in [2.75, 3.05) is 13.2 Å². The van der Waals surface area contributed by atoms with E-state index >= 15 is 0 Å². The fourth-order valence-electron chi connectivity index (χ4n) is 4.61. The molecule has 2 aliphatic rings. The molecule has 0 bridgehead atoms. The van der Waals surface area contributed by atoms with Gasteiger partial charge in [0.05, 0.1) is 12.2 Å². The molecule has 2 aliphatic heterocycles. The van der Waals surface area contributed by atoms with Crippen LogP contribution in [0.1, 0.15) is 50.0 Å².